The van der Waals surface area contributed by atoms with Gasteiger partial charge in [-0.1, -0.05) is 44.2 Å². The Morgan fingerprint density at radius 1 is 1.21 bits per heavy atom. The van der Waals surface area contributed by atoms with Crippen LogP contribution in [0.3, 0.4) is 0 Å². The molecule has 0 spiro atoms. The fourth-order valence-corrected chi connectivity index (χ4v) is 1.69. The zero-order valence-electron chi connectivity index (χ0n) is 11.1. The predicted molar refractivity (Wildman–Crippen MR) is 75.3 cm³/mol. The third kappa shape index (κ3) is 2.76. The van der Waals surface area contributed by atoms with Crippen LogP contribution in [0, 0.1) is 0 Å². The first-order chi connectivity index (χ1) is 9.27. The van der Waals surface area contributed by atoms with Gasteiger partial charge in [-0.2, -0.15) is 9.78 Å². The van der Waals surface area contributed by atoms with Crippen LogP contribution in [-0.2, 0) is 6.42 Å². The molecule has 0 N–H and O–H groups in total. The summed E-state index contributed by atoms with van der Waals surface area (Å²) in [5, 5.41) is 12.3. The van der Waals surface area contributed by atoms with E-state index in [9.17, 15) is 4.79 Å². The molecule has 0 bridgehead atoms. The molecule has 0 saturated carbocycles. The van der Waals surface area contributed by atoms with E-state index in [0.29, 0.717) is 17.9 Å². The summed E-state index contributed by atoms with van der Waals surface area (Å²) in [5.41, 5.74) is 0.844. The Kier molecular flexibility index (Phi) is 4.18. The molecular formula is C14H16N4O. The van der Waals surface area contributed by atoms with Crippen LogP contribution in [-0.4, -0.2) is 21.1 Å². The number of nitrogens with zero attached hydrogens (tertiary/aromatic N) is 4. The van der Waals surface area contributed by atoms with Gasteiger partial charge in [-0.3, -0.25) is 4.79 Å². The van der Waals surface area contributed by atoms with Gasteiger partial charge in [0.2, 0.25) is 0 Å². The number of aryl methyl sites for hydroxylation is 1. The van der Waals surface area contributed by atoms with Gasteiger partial charge in [-0.15, -0.1) is 10.2 Å². The van der Waals surface area contributed by atoms with E-state index in [2.05, 4.69) is 15.3 Å². The van der Waals surface area contributed by atoms with E-state index in [1.54, 1.807) is 6.21 Å². The predicted octanol–water partition coefficient (Wildman–Crippen LogP) is 2.11. The topological polar surface area (TPSA) is 60.1 Å². The molecule has 5 heteroatoms. The van der Waals surface area contributed by atoms with Gasteiger partial charge in [0.25, 0.3) is 0 Å². The average molecular weight is 256 g/mol. The van der Waals surface area contributed by atoms with Gasteiger partial charge >= 0.3 is 5.56 Å². The number of rotatable bonds is 4. The normalized spacial score (nSPS) is 11.1. The fourth-order valence-electron chi connectivity index (χ4n) is 1.69. The van der Waals surface area contributed by atoms with Crippen molar-refractivity contribution < 1.29 is 0 Å². The molecule has 0 saturated heterocycles. The molecule has 0 aliphatic rings. The standard InChI is InChI=1S/C14H16N4O/c1-3-10-15-18-12(4-2)16-17-13(14(18)19)11-8-6-5-7-9-11/h5-10H,3-4H2,1-2H3. The fraction of sp³-hybridized carbons (Fsp3) is 0.286. The second kappa shape index (κ2) is 6.04. The molecule has 2 aromatic rings. The third-order valence-electron chi connectivity index (χ3n) is 2.65. The summed E-state index contributed by atoms with van der Waals surface area (Å²) in [7, 11) is 0. The van der Waals surface area contributed by atoms with E-state index in [0.717, 1.165) is 12.0 Å². The minimum absolute atomic E-state index is 0.234. The van der Waals surface area contributed by atoms with E-state index in [1.165, 1.54) is 4.68 Å². The van der Waals surface area contributed by atoms with Crippen LogP contribution >= 0.6 is 0 Å². The van der Waals surface area contributed by atoms with Gasteiger partial charge in [-0.25, -0.2) is 0 Å². The maximum Gasteiger partial charge on any atom is 0.301 e. The monoisotopic (exact) mass is 256 g/mol. The van der Waals surface area contributed by atoms with Crippen LogP contribution in [0.4, 0.5) is 0 Å². The van der Waals surface area contributed by atoms with E-state index >= 15 is 0 Å². The lowest BCUT2D eigenvalue weighted by Crippen LogP contribution is -2.25. The Balaban J connectivity index is 2.60. The summed E-state index contributed by atoms with van der Waals surface area (Å²) in [4.78, 5) is 12.4. The number of aromatic nitrogens is 3. The molecule has 0 aliphatic heterocycles. The molecule has 1 heterocycles. The zero-order chi connectivity index (χ0) is 13.7. The molecule has 0 radical (unpaired) electrons. The maximum absolute atomic E-state index is 12.4. The first-order valence-corrected chi connectivity index (χ1v) is 6.34. The maximum atomic E-state index is 12.4. The summed E-state index contributed by atoms with van der Waals surface area (Å²) in [6, 6.07) is 9.30. The van der Waals surface area contributed by atoms with Crippen molar-refractivity contribution in [2.45, 2.75) is 26.7 Å². The van der Waals surface area contributed by atoms with Crippen LogP contribution in [0.25, 0.3) is 11.3 Å². The van der Waals surface area contributed by atoms with Crippen LogP contribution < -0.4 is 5.56 Å². The second-order valence-electron chi connectivity index (χ2n) is 4.01. The van der Waals surface area contributed by atoms with Crippen LogP contribution in [0.1, 0.15) is 26.1 Å². The molecule has 0 amide bonds. The summed E-state index contributed by atoms with van der Waals surface area (Å²) < 4.78 is 1.33. The SMILES string of the molecule is CCC=Nn1c(CC)nnc(-c2ccccc2)c1=O. The highest BCUT2D eigenvalue weighted by molar-refractivity contribution is 5.58. The van der Waals surface area contributed by atoms with Crippen molar-refractivity contribution in [2.24, 2.45) is 5.10 Å². The van der Waals surface area contributed by atoms with Crippen molar-refractivity contribution in [3.8, 4) is 11.3 Å². The summed E-state index contributed by atoms with van der Waals surface area (Å²) in [6.45, 7) is 3.89. The summed E-state index contributed by atoms with van der Waals surface area (Å²) in [6.07, 6.45) is 3.06. The van der Waals surface area contributed by atoms with E-state index in [4.69, 9.17) is 0 Å². The van der Waals surface area contributed by atoms with Crippen LogP contribution in [0.15, 0.2) is 40.2 Å². The van der Waals surface area contributed by atoms with Crippen molar-refractivity contribution in [2.75, 3.05) is 0 Å². The first kappa shape index (κ1) is 13.1. The molecule has 98 valence electrons. The van der Waals surface area contributed by atoms with E-state index in [1.807, 2.05) is 44.2 Å². The third-order valence-corrected chi connectivity index (χ3v) is 2.65. The molecular weight excluding hydrogens is 240 g/mol. The van der Waals surface area contributed by atoms with Gasteiger partial charge in [-0.05, 0) is 6.42 Å². The molecule has 0 aliphatic carbocycles. The smallest absolute Gasteiger partial charge is 0.265 e. The van der Waals surface area contributed by atoms with Gasteiger partial charge in [0.15, 0.2) is 11.5 Å². The number of hydrogen-bond acceptors (Lipinski definition) is 4. The molecule has 0 unspecified atom stereocenters. The van der Waals surface area contributed by atoms with Crippen molar-refractivity contribution in [1.82, 2.24) is 14.9 Å². The molecule has 0 atom stereocenters. The minimum Gasteiger partial charge on any atom is -0.265 e. The lowest BCUT2D eigenvalue weighted by Gasteiger charge is -2.06. The molecule has 19 heavy (non-hydrogen) atoms. The highest BCUT2D eigenvalue weighted by Crippen LogP contribution is 2.11. The Morgan fingerprint density at radius 2 is 1.95 bits per heavy atom. The highest BCUT2D eigenvalue weighted by atomic mass is 16.1. The Hall–Kier alpha value is -2.30. The molecule has 0 fully saturated rings. The van der Waals surface area contributed by atoms with Crippen molar-refractivity contribution in [3.63, 3.8) is 0 Å². The van der Waals surface area contributed by atoms with Gasteiger partial charge in [0.1, 0.15) is 0 Å². The molecule has 1 aromatic heterocycles. The Morgan fingerprint density at radius 3 is 2.58 bits per heavy atom. The Bertz CT molecular complexity index is 632. The van der Waals surface area contributed by atoms with E-state index in [-0.39, 0.29) is 5.56 Å². The van der Waals surface area contributed by atoms with Crippen LogP contribution in [0.5, 0.6) is 0 Å². The minimum atomic E-state index is -0.234. The molecule has 2 rings (SSSR count). The average Bonchev–Trinajstić information content (AvgIpc) is 2.46. The number of hydrogen-bond donors (Lipinski definition) is 0. The summed E-state index contributed by atoms with van der Waals surface area (Å²) in [5.74, 6) is 0.564. The number of benzene rings is 1. The van der Waals surface area contributed by atoms with E-state index < -0.39 is 0 Å². The highest BCUT2D eigenvalue weighted by Gasteiger charge is 2.11. The lowest BCUT2D eigenvalue weighted by molar-refractivity contribution is 0.684. The largest absolute Gasteiger partial charge is 0.301 e. The summed E-state index contributed by atoms with van der Waals surface area (Å²) >= 11 is 0. The van der Waals surface area contributed by atoms with Gasteiger partial charge in [0, 0.05) is 18.2 Å². The second-order valence-corrected chi connectivity index (χ2v) is 4.01. The zero-order valence-corrected chi connectivity index (χ0v) is 11.1. The molecule has 1 aromatic carbocycles. The Labute approximate surface area is 111 Å². The quantitative estimate of drug-likeness (QED) is 0.787. The van der Waals surface area contributed by atoms with Gasteiger partial charge in [0.05, 0.1) is 0 Å². The van der Waals surface area contributed by atoms with Crippen molar-refractivity contribution in [1.29, 1.82) is 0 Å². The lowest BCUT2D eigenvalue weighted by atomic mass is 10.2. The van der Waals surface area contributed by atoms with Crippen molar-refractivity contribution >= 4 is 6.21 Å². The van der Waals surface area contributed by atoms with Gasteiger partial charge < -0.3 is 0 Å². The first-order valence-electron chi connectivity index (χ1n) is 6.34. The van der Waals surface area contributed by atoms with Crippen LogP contribution in [0.2, 0.25) is 0 Å². The van der Waals surface area contributed by atoms with Crippen molar-refractivity contribution in [3.05, 3.63) is 46.5 Å². The molecule has 5 nitrogen and oxygen atoms in total.